The van der Waals surface area contributed by atoms with Crippen molar-refractivity contribution in [3.8, 4) is 17.3 Å². The van der Waals surface area contributed by atoms with Crippen molar-refractivity contribution in [1.29, 1.82) is 0 Å². The van der Waals surface area contributed by atoms with Gasteiger partial charge >= 0.3 is 6.09 Å². The van der Waals surface area contributed by atoms with E-state index in [1.165, 1.54) is 0 Å². The molecule has 0 radical (unpaired) electrons. The van der Waals surface area contributed by atoms with Gasteiger partial charge in [-0.25, -0.2) is 14.8 Å². The van der Waals surface area contributed by atoms with E-state index in [0.29, 0.717) is 28.7 Å². The highest BCUT2D eigenvalue weighted by Gasteiger charge is 2.47. The van der Waals surface area contributed by atoms with Crippen LogP contribution in [0.4, 0.5) is 4.79 Å². The summed E-state index contributed by atoms with van der Waals surface area (Å²) < 4.78 is 35.9. The van der Waals surface area contributed by atoms with Crippen molar-refractivity contribution in [2.75, 3.05) is 14.1 Å². The summed E-state index contributed by atoms with van der Waals surface area (Å²) in [6.07, 6.45) is 3.98. The van der Waals surface area contributed by atoms with E-state index in [2.05, 4.69) is 20.7 Å². The Bertz CT molecular complexity index is 1830. The van der Waals surface area contributed by atoms with Crippen LogP contribution in [0.25, 0.3) is 28.1 Å². The van der Waals surface area contributed by atoms with Crippen molar-refractivity contribution >= 4 is 28.7 Å². The molecule has 4 atom stereocenters. The van der Waals surface area contributed by atoms with Gasteiger partial charge in [-0.3, -0.25) is 9.20 Å². The minimum Gasteiger partial charge on any atom is -0.482 e. The number of nitrogens with two attached hydrogens (primary N) is 1. The highest BCUT2D eigenvalue weighted by molar-refractivity contribution is 5.96. The summed E-state index contributed by atoms with van der Waals surface area (Å²) >= 11 is 0. The van der Waals surface area contributed by atoms with E-state index < -0.39 is 19.2 Å². The Labute approximate surface area is 248 Å². The van der Waals surface area contributed by atoms with Gasteiger partial charge < -0.3 is 30.0 Å². The van der Waals surface area contributed by atoms with Crippen LogP contribution in [0.3, 0.4) is 0 Å². The number of amides is 2. The molecule has 3 N–H and O–H groups in total. The van der Waals surface area contributed by atoms with Gasteiger partial charge in [0, 0.05) is 41.7 Å². The summed E-state index contributed by atoms with van der Waals surface area (Å²) in [6, 6.07) is 9.11. The topological polar surface area (TPSA) is 129 Å². The van der Waals surface area contributed by atoms with Gasteiger partial charge in [-0.15, -0.1) is 0 Å². The Morgan fingerprint density at radius 3 is 2.71 bits per heavy atom. The molecule has 4 aromatic rings. The van der Waals surface area contributed by atoms with E-state index in [9.17, 15) is 9.59 Å². The monoisotopic (exact) mass is 574 g/mol. The first-order valence-electron chi connectivity index (χ1n) is 16.1. The minimum atomic E-state index is -2.83. The van der Waals surface area contributed by atoms with Crippen molar-refractivity contribution in [3.05, 3.63) is 47.3 Å². The fourth-order valence-corrected chi connectivity index (χ4v) is 6.90. The third-order valence-electron chi connectivity index (χ3n) is 9.21. The second kappa shape index (κ2) is 10.0. The molecule has 220 valence electrons. The first kappa shape index (κ1) is 23.4. The van der Waals surface area contributed by atoms with Gasteiger partial charge in [0.15, 0.2) is 5.88 Å². The summed E-state index contributed by atoms with van der Waals surface area (Å²) in [5.41, 5.74) is 11.3. The number of rotatable bonds is 7. The lowest BCUT2D eigenvalue weighted by Gasteiger charge is -2.23. The van der Waals surface area contributed by atoms with E-state index >= 15 is 0 Å². The van der Waals surface area contributed by atoms with Crippen LogP contribution in [0, 0.1) is 12.8 Å². The Balaban J connectivity index is 1.27. The molecule has 1 saturated carbocycles. The molecule has 7 rings (SSSR count). The van der Waals surface area contributed by atoms with Crippen molar-refractivity contribution < 1.29 is 23.2 Å². The Kier molecular flexibility index (Phi) is 5.59. The zero-order valence-corrected chi connectivity index (χ0v) is 24.0. The van der Waals surface area contributed by atoms with Crippen LogP contribution in [-0.2, 0) is 11.3 Å². The number of nitrogens with one attached hydrogen (secondary N) is 1. The molecule has 11 heteroatoms. The van der Waals surface area contributed by atoms with Crippen LogP contribution in [0.15, 0.2) is 30.3 Å². The molecule has 0 spiro atoms. The van der Waals surface area contributed by atoms with E-state index in [1.807, 2.05) is 34.4 Å². The number of hydrogen-bond donors (Lipinski definition) is 2. The van der Waals surface area contributed by atoms with Crippen LogP contribution in [0.2, 0.25) is 0 Å². The molecule has 2 bridgehead atoms. The molecule has 2 saturated heterocycles. The summed E-state index contributed by atoms with van der Waals surface area (Å²) in [4.78, 5) is 37.8. The number of fused-ring (bicyclic) bond motifs is 4. The van der Waals surface area contributed by atoms with Gasteiger partial charge in [0.1, 0.15) is 17.0 Å². The van der Waals surface area contributed by atoms with Gasteiger partial charge in [0.2, 0.25) is 0 Å². The highest BCUT2D eigenvalue weighted by Crippen LogP contribution is 2.40. The molecule has 3 aliphatic rings. The van der Waals surface area contributed by atoms with Crippen LogP contribution >= 0.6 is 0 Å². The molecular weight excluding hydrogens is 534 g/mol. The number of methoxy groups -OCH3 is 2. The number of imidazole rings is 1. The van der Waals surface area contributed by atoms with Gasteiger partial charge in [0.25, 0.3) is 5.91 Å². The second-order valence-electron chi connectivity index (χ2n) is 11.9. The molecular formula is C31H37N7O4. The van der Waals surface area contributed by atoms with Gasteiger partial charge in [-0.1, -0.05) is 0 Å². The summed E-state index contributed by atoms with van der Waals surface area (Å²) in [7, 11) is -1.24. The number of alkyl carbamates (subject to hydrolysis) is 1. The number of carbonyl (C=O) groups excluding carboxylic acids is 2. The molecule has 4 aromatic heterocycles. The molecule has 0 aromatic carbocycles. The molecule has 42 heavy (non-hydrogen) atoms. The minimum absolute atomic E-state index is 0.0166. The van der Waals surface area contributed by atoms with E-state index in [4.69, 9.17) is 24.6 Å². The third-order valence-corrected chi connectivity index (χ3v) is 9.21. The summed E-state index contributed by atoms with van der Waals surface area (Å²) in [5.74, 6) is 1.01. The molecule has 2 aliphatic heterocycles. The largest absolute Gasteiger partial charge is 0.482 e. The van der Waals surface area contributed by atoms with Gasteiger partial charge in [-0.05, 0) is 76.1 Å². The highest BCUT2D eigenvalue weighted by atomic mass is 16.5. The fraction of sp³-hybridized carbons (Fsp3) is 0.484. The fourth-order valence-electron chi connectivity index (χ4n) is 6.90. The lowest BCUT2D eigenvalue weighted by atomic mass is 9.97. The Morgan fingerprint density at radius 2 is 2.02 bits per heavy atom. The van der Waals surface area contributed by atoms with Crippen molar-refractivity contribution in [2.24, 2.45) is 11.7 Å². The first-order valence-corrected chi connectivity index (χ1v) is 14.6. The van der Waals surface area contributed by atoms with Crippen molar-refractivity contribution in [2.45, 2.75) is 76.7 Å². The molecule has 11 nitrogen and oxygen atoms in total. The van der Waals surface area contributed by atoms with E-state index in [0.717, 1.165) is 66.8 Å². The molecule has 6 heterocycles. The Morgan fingerprint density at radius 1 is 1.19 bits per heavy atom. The van der Waals surface area contributed by atoms with Crippen molar-refractivity contribution in [3.63, 3.8) is 0 Å². The lowest BCUT2D eigenvalue weighted by molar-refractivity contribution is 0.0726. The van der Waals surface area contributed by atoms with Crippen LogP contribution in [0.5, 0.6) is 5.88 Å². The standard InChI is InChI=1S/C31H37N7O4/c1-16(33-31(40)42-4)23-9-7-19-11-25(36(29(19)34-23)15-18-5-6-18)28-17(2)37-26(35-28)12-20(13-27(37)41-3)30(39)38-21-8-10-24(38)22(32)14-21/h7,9,11-13,16,18,21-22,24H,5-6,8,10,14-15,32H2,1-4H3,(H,33,40)/t16-,21+,22-,24-/m1/s1/i4D3. The first-order chi connectivity index (χ1) is 21.4. The van der Waals surface area contributed by atoms with Gasteiger partial charge in [-0.2, -0.15) is 0 Å². The third kappa shape index (κ3) is 4.29. The normalized spacial score (nSPS) is 23.6. The number of hydrogen-bond acceptors (Lipinski definition) is 7. The molecule has 3 fully saturated rings. The molecule has 0 unspecified atom stereocenters. The van der Waals surface area contributed by atoms with E-state index in [1.54, 1.807) is 20.1 Å². The summed E-state index contributed by atoms with van der Waals surface area (Å²) in [6.45, 7) is 4.46. The van der Waals surface area contributed by atoms with Crippen LogP contribution in [0.1, 0.15) is 70.9 Å². The number of carbonyl (C=O) groups is 2. The van der Waals surface area contributed by atoms with Crippen LogP contribution in [-0.4, -0.2) is 68.1 Å². The molecule has 2 amide bonds. The molecule has 1 aliphatic carbocycles. The maximum absolute atomic E-state index is 13.8. The number of nitrogens with zero attached hydrogens (tertiary/aromatic N) is 5. The number of ether oxygens (including phenoxy) is 2. The van der Waals surface area contributed by atoms with Crippen molar-refractivity contribution in [1.82, 2.24) is 29.2 Å². The Hall–Kier alpha value is -4.12. The quantitative estimate of drug-likeness (QED) is 0.338. The lowest BCUT2D eigenvalue weighted by Crippen LogP contribution is -2.40. The predicted molar refractivity (Wildman–Crippen MR) is 157 cm³/mol. The second-order valence-corrected chi connectivity index (χ2v) is 11.9. The maximum Gasteiger partial charge on any atom is 0.407 e. The number of aromatic nitrogens is 4. The van der Waals surface area contributed by atoms with Crippen LogP contribution < -0.4 is 15.8 Å². The zero-order chi connectivity index (χ0) is 31.8. The van der Waals surface area contributed by atoms with Gasteiger partial charge in [0.05, 0.1) is 41.4 Å². The zero-order valence-electron chi connectivity index (χ0n) is 27.0. The average Bonchev–Trinajstić information content (AvgIpc) is 3.30. The summed E-state index contributed by atoms with van der Waals surface area (Å²) in [5, 5.41) is 3.46. The predicted octanol–water partition coefficient (Wildman–Crippen LogP) is 4.20. The van der Waals surface area contributed by atoms with E-state index in [-0.39, 0.29) is 24.0 Å². The SMILES string of the molecule is [2H]C([2H])([2H])OC(=O)N[C@H](C)c1ccc2cc(-c3nc4cc(C(=O)N5[C@H]6CC[C@@H]5[C@H](N)C6)cc(OC)n4c3C)n(CC3CC3)c2n1. The number of pyridine rings is 2. The number of aryl methyl sites for hydroxylation is 1. The smallest absolute Gasteiger partial charge is 0.407 e. The average molecular weight is 575 g/mol. The maximum atomic E-state index is 13.8.